The quantitative estimate of drug-likeness (QED) is 0.655. The van der Waals surface area contributed by atoms with Crippen LogP contribution in [0.15, 0.2) is 23.1 Å². The van der Waals surface area contributed by atoms with Gasteiger partial charge in [-0.1, -0.05) is 13.8 Å². The number of hydrogen-bond acceptors (Lipinski definition) is 5. The van der Waals surface area contributed by atoms with Gasteiger partial charge < -0.3 is 14.4 Å². The Labute approximate surface area is 158 Å². The van der Waals surface area contributed by atoms with Crippen LogP contribution < -0.4 is 9.47 Å². The van der Waals surface area contributed by atoms with Crippen molar-refractivity contribution in [1.29, 1.82) is 0 Å². The Morgan fingerprint density at radius 2 is 1.81 bits per heavy atom. The average molecular weight is 385 g/mol. The first-order valence-corrected chi connectivity index (χ1v) is 10.8. The Morgan fingerprint density at radius 1 is 1.15 bits per heavy atom. The van der Waals surface area contributed by atoms with Crippen LogP contribution in [0.3, 0.4) is 0 Å². The molecule has 1 heterocycles. The lowest BCUT2D eigenvalue weighted by molar-refractivity contribution is 0.187. The number of piperidine rings is 1. The summed E-state index contributed by atoms with van der Waals surface area (Å²) in [4.78, 5) is 2.68. The molecule has 2 rings (SSSR count). The normalized spacial score (nSPS) is 16.8. The van der Waals surface area contributed by atoms with E-state index in [1.54, 1.807) is 16.4 Å². The van der Waals surface area contributed by atoms with Crippen LogP contribution in [0.1, 0.15) is 33.1 Å². The van der Waals surface area contributed by atoms with Crippen LogP contribution in [0.25, 0.3) is 0 Å². The molecule has 0 saturated carbocycles. The number of hydrogen-bond donors (Lipinski definition) is 0. The van der Waals surface area contributed by atoms with Gasteiger partial charge in [0.1, 0.15) is 0 Å². The van der Waals surface area contributed by atoms with Crippen molar-refractivity contribution in [3.05, 3.63) is 18.2 Å². The minimum atomic E-state index is -3.54. The van der Waals surface area contributed by atoms with Gasteiger partial charge in [-0.05, 0) is 56.9 Å². The van der Waals surface area contributed by atoms with E-state index in [-0.39, 0.29) is 4.90 Å². The SMILES string of the molecule is CCN(CCCN1CCC(C)CC1)S(=O)(=O)c1ccc(OC)c(OC)c1. The lowest BCUT2D eigenvalue weighted by Crippen LogP contribution is -2.37. The third kappa shape index (κ3) is 5.11. The van der Waals surface area contributed by atoms with E-state index >= 15 is 0 Å². The minimum absolute atomic E-state index is 0.240. The van der Waals surface area contributed by atoms with Crippen LogP contribution in [-0.4, -0.2) is 64.6 Å². The molecule has 1 fully saturated rings. The van der Waals surface area contributed by atoms with Gasteiger partial charge in [-0.2, -0.15) is 4.31 Å². The summed E-state index contributed by atoms with van der Waals surface area (Å²) in [5.74, 6) is 1.75. The highest BCUT2D eigenvalue weighted by atomic mass is 32.2. The van der Waals surface area contributed by atoms with Crippen LogP contribution >= 0.6 is 0 Å². The second-order valence-corrected chi connectivity index (χ2v) is 8.83. The average Bonchev–Trinajstić information content (AvgIpc) is 2.65. The Bertz CT molecular complexity index is 670. The van der Waals surface area contributed by atoms with Gasteiger partial charge in [-0.25, -0.2) is 8.42 Å². The molecule has 0 unspecified atom stereocenters. The maximum absolute atomic E-state index is 13.0. The summed E-state index contributed by atoms with van der Waals surface area (Å²) in [6.07, 6.45) is 3.32. The Kier molecular flexibility index (Phi) is 7.73. The highest BCUT2D eigenvalue weighted by molar-refractivity contribution is 7.89. The highest BCUT2D eigenvalue weighted by Gasteiger charge is 2.24. The van der Waals surface area contributed by atoms with Gasteiger partial charge in [0.05, 0.1) is 19.1 Å². The zero-order valence-electron chi connectivity index (χ0n) is 16.4. The molecule has 1 aromatic carbocycles. The molecule has 0 atom stereocenters. The zero-order valence-corrected chi connectivity index (χ0v) is 17.2. The van der Waals surface area contributed by atoms with Gasteiger partial charge >= 0.3 is 0 Å². The molecule has 0 N–H and O–H groups in total. The third-order valence-corrected chi connectivity index (χ3v) is 7.07. The fraction of sp³-hybridized carbons (Fsp3) is 0.684. The predicted octanol–water partition coefficient (Wildman–Crippen LogP) is 2.84. The second-order valence-electron chi connectivity index (χ2n) is 6.89. The molecule has 0 spiro atoms. The molecular weight excluding hydrogens is 352 g/mol. The maximum atomic E-state index is 13.0. The monoisotopic (exact) mass is 384 g/mol. The largest absolute Gasteiger partial charge is 0.493 e. The maximum Gasteiger partial charge on any atom is 0.243 e. The van der Waals surface area contributed by atoms with E-state index in [9.17, 15) is 8.42 Å². The first kappa shape index (κ1) is 21.0. The highest BCUT2D eigenvalue weighted by Crippen LogP contribution is 2.30. The summed E-state index contributed by atoms with van der Waals surface area (Å²) in [7, 11) is -0.502. The Balaban J connectivity index is 2.01. The summed E-state index contributed by atoms with van der Waals surface area (Å²) in [5, 5.41) is 0. The number of methoxy groups -OCH3 is 2. The standard InChI is InChI=1S/C19H32N2O4S/c1-5-21(12-6-11-20-13-9-16(2)10-14-20)26(22,23)17-7-8-18(24-3)19(15-17)25-4/h7-8,15-16H,5-6,9-14H2,1-4H3. The minimum Gasteiger partial charge on any atom is -0.493 e. The molecule has 0 aromatic heterocycles. The van der Waals surface area contributed by atoms with E-state index < -0.39 is 10.0 Å². The van der Waals surface area contributed by atoms with E-state index in [0.29, 0.717) is 24.6 Å². The molecular formula is C19H32N2O4S. The number of ether oxygens (including phenoxy) is 2. The summed E-state index contributed by atoms with van der Waals surface area (Å²) in [6, 6.07) is 4.74. The molecule has 0 aliphatic carbocycles. The van der Waals surface area contributed by atoms with E-state index in [1.807, 2.05) is 6.92 Å². The van der Waals surface area contributed by atoms with Gasteiger partial charge in [0, 0.05) is 19.2 Å². The van der Waals surface area contributed by atoms with Crippen molar-refractivity contribution in [3.63, 3.8) is 0 Å². The molecule has 0 radical (unpaired) electrons. The van der Waals surface area contributed by atoms with Gasteiger partial charge in [-0.15, -0.1) is 0 Å². The van der Waals surface area contributed by atoms with Crippen molar-refractivity contribution in [2.24, 2.45) is 5.92 Å². The summed E-state index contributed by atoms with van der Waals surface area (Å²) in [5.41, 5.74) is 0. The van der Waals surface area contributed by atoms with Gasteiger partial charge in [0.25, 0.3) is 0 Å². The fourth-order valence-corrected chi connectivity index (χ4v) is 4.83. The Morgan fingerprint density at radius 3 is 2.38 bits per heavy atom. The molecule has 1 aliphatic rings. The van der Waals surface area contributed by atoms with Crippen molar-refractivity contribution in [2.75, 3.05) is 46.9 Å². The molecule has 7 heteroatoms. The third-order valence-electron chi connectivity index (χ3n) is 5.10. The molecule has 148 valence electrons. The first-order valence-electron chi connectivity index (χ1n) is 9.36. The van der Waals surface area contributed by atoms with E-state index in [0.717, 1.165) is 32.0 Å². The van der Waals surface area contributed by atoms with Crippen molar-refractivity contribution in [2.45, 2.75) is 38.0 Å². The molecule has 6 nitrogen and oxygen atoms in total. The summed E-state index contributed by atoms with van der Waals surface area (Å²) in [6.45, 7) is 8.34. The summed E-state index contributed by atoms with van der Waals surface area (Å²) < 4.78 is 37.9. The van der Waals surface area contributed by atoms with Gasteiger partial charge in [0.2, 0.25) is 10.0 Å². The van der Waals surface area contributed by atoms with Crippen LogP contribution in [0, 0.1) is 5.92 Å². The van der Waals surface area contributed by atoms with Crippen LogP contribution in [0.4, 0.5) is 0 Å². The number of benzene rings is 1. The second kappa shape index (κ2) is 9.58. The molecule has 1 aliphatic heterocycles. The predicted molar refractivity (Wildman–Crippen MR) is 103 cm³/mol. The molecule has 1 aromatic rings. The van der Waals surface area contributed by atoms with Crippen molar-refractivity contribution < 1.29 is 17.9 Å². The van der Waals surface area contributed by atoms with Crippen molar-refractivity contribution in [3.8, 4) is 11.5 Å². The molecule has 1 saturated heterocycles. The van der Waals surface area contributed by atoms with E-state index in [1.165, 1.54) is 33.1 Å². The van der Waals surface area contributed by atoms with Gasteiger partial charge in [0.15, 0.2) is 11.5 Å². The summed E-state index contributed by atoms with van der Waals surface area (Å²) >= 11 is 0. The first-order chi connectivity index (χ1) is 12.4. The Hall–Kier alpha value is -1.31. The van der Waals surface area contributed by atoms with Crippen molar-refractivity contribution in [1.82, 2.24) is 9.21 Å². The molecule has 0 amide bonds. The van der Waals surface area contributed by atoms with E-state index in [4.69, 9.17) is 9.47 Å². The molecule has 0 bridgehead atoms. The van der Waals surface area contributed by atoms with Crippen molar-refractivity contribution >= 4 is 10.0 Å². The zero-order chi connectivity index (χ0) is 19.2. The van der Waals surface area contributed by atoms with Gasteiger partial charge in [-0.3, -0.25) is 0 Å². The smallest absolute Gasteiger partial charge is 0.243 e. The molecule has 26 heavy (non-hydrogen) atoms. The topological polar surface area (TPSA) is 59.1 Å². The van der Waals surface area contributed by atoms with Crippen LogP contribution in [0.5, 0.6) is 11.5 Å². The lowest BCUT2D eigenvalue weighted by atomic mass is 9.99. The van der Waals surface area contributed by atoms with E-state index in [2.05, 4.69) is 11.8 Å². The van der Waals surface area contributed by atoms with Crippen LogP contribution in [-0.2, 0) is 10.0 Å². The number of rotatable bonds is 9. The number of likely N-dealkylation sites (tertiary alicyclic amines) is 1. The fourth-order valence-electron chi connectivity index (χ4n) is 3.33. The lowest BCUT2D eigenvalue weighted by Gasteiger charge is -2.30. The number of sulfonamides is 1. The number of nitrogens with zero attached hydrogens (tertiary/aromatic N) is 2. The van der Waals surface area contributed by atoms with Crippen LogP contribution in [0.2, 0.25) is 0 Å².